The molecule has 3 N–H and O–H groups in total. The van der Waals surface area contributed by atoms with Crippen molar-refractivity contribution in [2.45, 2.75) is 19.3 Å². The zero-order chi connectivity index (χ0) is 24.0. The van der Waals surface area contributed by atoms with Crippen LogP contribution in [0.1, 0.15) is 29.4 Å². The third-order valence-electron chi connectivity index (χ3n) is 4.60. The number of hydrogen-bond donors (Lipinski definition) is 3. The van der Waals surface area contributed by atoms with Crippen LogP contribution in [0.25, 0.3) is 0 Å². The van der Waals surface area contributed by atoms with Gasteiger partial charge in [0.15, 0.2) is 0 Å². The Bertz CT molecular complexity index is 1160. The summed E-state index contributed by atoms with van der Waals surface area (Å²) in [6.45, 7) is 1.35. The summed E-state index contributed by atoms with van der Waals surface area (Å²) in [6.07, 6.45) is 1.04. The lowest BCUT2D eigenvalue weighted by atomic mass is 10.1. The summed E-state index contributed by atoms with van der Waals surface area (Å²) in [4.78, 5) is 27.9. The van der Waals surface area contributed by atoms with Crippen LogP contribution in [0.2, 0.25) is 5.02 Å². The van der Waals surface area contributed by atoms with Crippen molar-refractivity contribution in [2.24, 2.45) is 0 Å². The fraction of sp³-hybridized carbons (Fsp3) is 0.174. The lowest BCUT2D eigenvalue weighted by Gasteiger charge is -2.17. The molecule has 0 atom stereocenters. The molecule has 0 saturated heterocycles. The normalized spacial score (nSPS) is 10.9. The van der Waals surface area contributed by atoms with Crippen LogP contribution in [-0.2, 0) is 5.92 Å². The van der Waals surface area contributed by atoms with Crippen molar-refractivity contribution < 1.29 is 23.1 Å². The number of alkyl halides is 2. The minimum absolute atomic E-state index is 0.0694. The largest absolute Gasteiger partial charge is 0.457 e. The first-order valence-corrected chi connectivity index (χ1v) is 10.3. The number of aromatic nitrogens is 1. The monoisotopic (exact) mass is 474 g/mol. The summed E-state index contributed by atoms with van der Waals surface area (Å²) in [5, 5.41) is 7.54. The van der Waals surface area contributed by atoms with Crippen LogP contribution in [0.4, 0.5) is 25.0 Å². The molecule has 0 aliphatic rings. The number of ether oxygens (including phenoxy) is 1. The number of pyridine rings is 1. The van der Waals surface area contributed by atoms with Gasteiger partial charge >= 0.3 is 6.03 Å². The molecule has 0 aliphatic carbocycles. The standard InChI is InChI=1S/C23H21ClF2N4O3/c1-3-23(25,26)18-12-15(6-9-19(18)24)30-22(32)29-14-4-7-16(8-5-14)33-17-10-11-28-20(13-17)21(31)27-2/h4-13H,3H2,1-2H3,(H,27,31)(H2,29,30,32). The fourth-order valence-corrected chi connectivity index (χ4v) is 3.09. The van der Waals surface area contributed by atoms with E-state index in [2.05, 4.69) is 20.9 Å². The van der Waals surface area contributed by atoms with Crippen molar-refractivity contribution >= 4 is 34.9 Å². The van der Waals surface area contributed by atoms with E-state index in [0.717, 1.165) is 6.07 Å². The van der Waals surface area contributed by atoms with Gasteiger partial charge in [-0.1, -0.05) is 18.5 Å². The molecule has 0 bridgehead atoms. The van der Waals surface area contributed by atoms with E-state index in [0.29, 0.717) is 17.2 Å². The molecule has 2 aromatic carbocycles. The summed E-state index contributed by atoms with van der Waals surface area (Å²) >= 11 is 5.89. The maximum absolute atomic E-state index is 14.0. The van der Waals surface area contributed by atoms with Crippen molar-refractivity contribution in [3.05, 3.63) is 77.1 Å². The first-order chi connectivity index (χ1) is 15.7. The zero-order valence-corrected chi connectivity index (χ0v) is 18.5. The highest BCUT2D eigenvalue weighted by Gasteiger charge is 2.31. The lowest BCUT2D eigenvalue weighted by Crippen LogP contribution is -2.20. The third-order valence-corrected chi connectivity index (χ3v) is 4.93. The molecule has 7 nitrogen and oxygen atoms in total. The molecule has 0 aliphatic heterocycles. The Morgan fingerprint density at radius 2 is 1.67 bits per heavy atom. The molecule has 1 heterocycles. The Labute approximate surface area is 194 Å². The van der Waals surface area contributed by atoms with Crippen molar-refractivity contribution in [1.82, 2.24) is 10.3 Å². The van der Waals surface area contributed by atoms with Crippen molar-refractivity contribution in [2.75, 3.05) is 17.7 Å². The number of anilines is 2. The smallest absolute Gasteiger partial charge is 0.323 e. The van der Waals surface area contributed by atoms with E-state index in [4.69, 9.17) is 16.3 Å². The molecule has 0 radical (unpaired) electrons. The maximum atomic E-state index is 14.0. The van der Waals surface area contributed by atoms with Gasteiger partial charge in [-0.3, -0.25) is 9.78 Å². The number of carbonyl (C=O) groups excluding carboxylic acids is 2. The fourth-order valence-electron chi connectivity index (χ4n) is 2.84. The number of rotatable bonds is 7. The van der Waals surface area contributed by atoms with Gasteiger partial charge in [-0.05, 0) is 48.5 Å². The first kappa shape index (κ1) is 23.9. The van der Waals surface area contributed by atoms with Crippen molar-refractivity contribution in [3.8, 4) is 11.5 Å². The molecule has 10 heteroatoms. The highest BCUT2D eigenvalue weighted by Crippen LogP contribution is 2.37. The SMILES string of the molecule is CCC(F)(F)c1cc(NC(=O)Nc2ccc(Oc3ccnc(C(=O)NC)c3)cc2)ccc1Cl. The summed E-state index contributed by atoms with van der Waals surface area (Å²) in [6, 6.07) is 12.9. The van der Waals surface area contributed by atoms with E-state index in [1.54, 1.807) is 30.3 Å². The average Bonchev–Trinajstić information content (AvgIpc) is 2.81. The van der Waals surface area contributed by atoms with Gasteiger partial charge in [0.25, 0.3) is 11.8 Å². The van der Waals surface area contributed by atoms with E-state index < -0.39 is 18.4 Å². The van der Waals surface area contributed by atoms with Crippen LogP contribution < -0.4 is 20.7 Å². The van der Waals surface area contributed by atoms with Crippen molar-refractivity contribution in [1.29, 1.82) is 0 Å². The molecule has 0 saturated carbocycles. The van der Waals surface area contributed by atoms with E-state index >= 15 is 0 Å². The summed E-state index contributed by atoms with van der Waals surface area (Å²) in [7, 11) is 1.51. The van der Waals surface area contributed by atoms with Gasteiger partial charge in [-0.25, -0.2) is 13.6 Å². The Balaban J connectivity index is 1.63. The lowest BCUT2D eigenvalue weighted by molar-refractivity contribution is -0.00812. The van der Waals surface area contributed by atoms with Crippen LogP contribution in [0, 0.1) is 0 Å². The molecule has 0 spiro atoms. The number of benzene rings is 2. The van der Waals surface area contributed by atoms with Gasteiger partial charge in [0.1, 0.15) is 17.2 Å². The topological polar surface area (TPSA) is 92.3 Å². The molecule has 1 aromatic heterocycles. The highest BCUT2D eigenvalue weighted by molar-refractivity contribution is 6.31. The number of amides is 3. The second-order valence-corrected chi connectivity index (χ2v) is 7.32. The summed E-state index contributed by atoms with van der Waals surface area (Å²) < 4.78 is 33.8. The summed E-state index contributed by atoms with van der Waals surface area (Å²) in [5.74, 6) is -2.54. The minimum atomic E-state index is -3.10. The van der Waals surface area contributed by atoms with Gasteiger partial charge in [0, 0.05) is 47.7 Å². The molecule has 0 fully saturated rings. The summed E-state index contributed by atoms with van der Waals surface area (Å²) in [5.41, 5.74) is 0.506. The molecule has 3 aromatic rings. The van der Waals surface area contributed by atoms with Crippen LogP contribution in [0.15, 0.2) is 60.8 Å². The Morgan fingerprint density at radius 1 is 1.00 bits per heavy atom. The second-order valence-electron chi connectivity index (χ2n) is 6.91. The Kier molecular flexibility index (Phi) is 7.44. The van der Waals surface area contributed by atoms with Crippen LogP contribution >= 0.6 is 11.6 Å². The number of hydrogen-bond acceptors (Lipinski definition) is 4. The molecular formula is C23H21ClF2N4O3. The highest BCUT2D eigenvalue weighted by atomic mass is 35.5. The quantitative estimate of drug-likeness (QED) is 0.389. The molecule has 3 rings (SSSR count). The van der Waals surface area contributed by atoms with E-state index in [1.807, 2.05) is 0 Å². The van der Waals surface area contributed by atoms with Crippen LogP contribution in [0.3, 0.4) is 0 Å². The van der Waals surface area contributed by atoms with Gasteiger partial charge in [0.2, 0.25) is 0 Å². The maximum Gasteiger partial charge on any atom is 0.323 e. The van der Waals surface area contributed by atoms with E-state index in [1.165, 1.54) is 38.4 Å². The Hall–Kier alpha value is -3.72. The number of nitrogens with one attached hydrogen (secondary N) is 3. The Morgan fingerprint density at radius 3 is 2.33 bits per heavy atom. The van der Waals surface area contributed by atoms with Crippen LogP contribution in [0.5, 0.6) is 11.5 Å². The van der Waals surface area contributed by atoms with Crippen molar-refractivity contribution in [3.63, 3.8) is 0 Å². The zero-order valence-electron chi connectivity index (χ0n) is 17.8. The predicted molar refractivity (Wildman–Crippen MR) is 122 cm³/mol. The number of urea groups is 1. The molecule has 33 heavy (non-hydrogen) atoms. The number of nitrogens with zero attached hydrogens (tertiary/aromatic N) is 1. The van der Waals surface area contributed by atoms with Gasteiger partial charge < -0.3 is 20.7 Å². The van der Waals surface area contributed by atoms with E-state index in [9.17, 15) is 18.4 Å². The average molecular weight is 475 g/mol. The molecular weight excluding hydrogens is 454 g/mol. The predicted octanol–water partition coefficient (Wildman–Crippen LogP) is 6.03. The third kappa shape index (κ3) is 6.17. The van der Waals surface area contributed by atoms with E-state index in [-0.39, 0.29) is 27.9 Å². The molecule has 0 unspecified atom stereocenters. The van der Waals surface area contributed by atoms with Gasteiger partial charge in [0.05, 0.1) is 0 Å². The van der Waals surface area contributed by atoms with Crippen LogP contribution in [-0.4, -0.2) is 24.0 Å². The van der Waals surface area contributed by atoms with Gasteiger partial charge in [-0.15, -0.1) is 0 Å². The first-order valence-electron chi connectivity index (χ1n) is 9.93. The second kappa shape index (κ2) is 10.3. The number of carbonyl (C=O) groups is 2. The van der Waals surface area contributed by atoms with Gasteiger partial charge in [-0.2, -0.15) is 0 Å². The molecule has 172 valence electrons. The number of halogens is 3. The molecule has 3 amide bonds. The minimum Gasteiger partial charge on any atom is -0.457 e.